The second kappa shape index (κ2) is 12.3. The minimum absolute atomic E-state index is 0.107. The lowest BCUT2D eigenvalue weighted by Gasteiger charge is -2.13. The Balaban J connectivity index is 1.76. The number of aliphatic hydroxyl groups excluding tert-OH is 1. The number of carboxylic acid groups (broad SMARTS) is 1. The van der Waals surface area contributed by atoms with Gasteiger partial charge in [-0.05, 0) is 61.9 Å². The Hall–Kier alpha value is -3.16. The number of carboxylic acids is 1. The largest absolute Gasteiger partial charge is 0.491 e. The Morgan fingerprint density at radius 1 is 1.03 bits per heavy atom. The fraction of sp³-hybridized carbons (Fsp3) is 0.407. The Bertz CT molecular complexity index is 1100. The summed E-state index contributed by atoms with van der Waals surface area (Å²) in [6.45, 7) is 5.65. The van der Waals surface area contributed by atoms with Gasteiger partial charge in [0.1, 0.15) is 29.8 Å². The summed E-state index contributed by atoms with van der Waals surface area (Å²) < 4.78 is 11.6. The Kier molecular flexibility index (Phi) is 9.24. The molecule has 0 aliphatic heterocycles. The monoisotopic (exact) mass is 467 g/mol. The maximum Gasteiger partial charge on any atom is 0.335 e. The van der Waals surface area contributed by atoms with E-state index in [9.17, 15) is 19.8 Å². The van der Waals surface area contributed by atoms with Gasteiger partial charge in [-0.15, -0.1) is 0 Å². The van der Waals surface area contributed by atoms with Crippen molar-refractivity contribution in [1.82, 2.24) is 5.32 Å². The standard InChI is InChI=1S/C27H33NO6/c1-3-5-7-24-25(22-15-19(27(31)32)10-13-23(22)34-24)26(30)18-8-11-21(12-9-18)33-17-20(29)16-28-14-6-4-2/h8-13,15,20,28-29H,3-7,14,16-17H2,1-2H3,(H,31,32). The number of rotatable bonds is 14. The molecule has 3 aromatic rings. The molecule has 1 unspecified atom stereocenters. The summed E-state index contributed by atoms with van der Waals surface area (Å²) in [4.78, 5) is 24.9. The quantitative estimate of drug-likeness (QED) is 0.230. The van der Waals surface area contributed by atoms with Crippen LogP contribution in [0.3, 0.4) is 0 Å². The van der Waals surface area contributed by atoms with Crippen molar-refractivity contribution in [3.63, 3.8) is 0 Å². The SMILES string of the molecule is CCCCNCC(O)COc1ccc(C(=O)c2c(CCCC)oc3ccc(C(=O)O)cc23)cc1. The molecule has 34 heavy (non-hydrogen) atoms. The van der Waals surface area contributed by atoms with Gasteiger partial charge in [-0.3, -0.25) is 4.79 Å². The molecule has 7 heteroatoms. The number of ketones is 1. The zero-order valence-electron chi connectivity index (χ0n) is 19.8. The zero-order valence-corrected chi connectivity index (χ0v) is 19.8. The maximum absolute atomic E-state index is 13.4. The zero-order chi connectivity index (χ0) is 24.5. The fourth-order valence-electron chi connectivity index (χ4n) is 3.71. The van der Waals surface area contributed by atoms with Crippen molar-refractivity contribution in [3.8, 4) is 5.75 Å². The van der Waals surface area contributed by atoms with E-state index in [0.29, 0.717) is 46.6 Å². The number of carbonyl (C=O) groups is 2. The number of hydrogen-bond donors (Lipinski definition) is 3. The van der Waals surface area contributed by atoms with Crippen molar-refractivity contribution in [2.75, 3.05) is 19.7 Å². The predicted molar refractivity (Wildman–Crippen MR) is 131 cm³/mol. The third-order valence-electron chi connectivity index (χ3n) is 5.64. The summed E-state index contributed by atoms with van der Waals surface area (Å²) in [5.74, 6) is -0.149. The Labute approximate surface area is 199 Å². The number of aryl methyl sites for hydroxylation is 1. The molecule has 0 saturated carbocycles. The van der Waals surface area contributed by atoms with Gasteiger partial charge in [0.15, 0.2) is 5.78 Å². The van der Waals surface area contributed by atoms with Crippen LogP contribution < -0.4 is 10.1 Å². The molecule has 0 aliphatic carbocycles. The lowest BCUT2D eigenvalue weighted by Crippen LogP contribution is -2.31. The number of hydrogen-bond acceptors (Lipinski definition) is 6. The molecule has 3 N–H and O–H groups in total. The van der Waals surface area contributed by atoms with Crippen LogP contribution in [0.15, 0.2) is 46.9 Å². The number of carbonyl (C=O) groups excluding carboxylic acids is 1. The van der Waals surface area contributed by atoms with Crippen LogP contribution in [-0.2, 0) is 6.42 Å². The van der Waals surface area contributed by atoms with E-state index in [-0.39, 0.29) is 18.0 Å². The number of fused-ring (bicyclic) bond motifs is 1. The van der Waals surface area contributed by atoms with Gasteiger partial charge >= 0.3 is 5.97 Å². The van der Waals surface area contributed by atoms with E-state index in [2.05, 4.69) is 19.2 Å². The van der Waals surface area contributed by atoms with E-state index < -0.39 is 12.1 Å². The van der Waals surface area contributed by atoms with Crippen LogP contribution in [0.1, 0.15) is 71.6 Å². The highest BCUT2D eigenvalue weighted by molar-refractivity contribution is 6.17. The molecule has 2 aromatic carbocycles. The molecule has 0 aliphatic rings. The van der Waals surface area contributed by atoms with Gasteiger partial charge in [0.2, 0.25) is 0 Å². The third kappa shape index (κ3) is 6.46. The molecule has 0 amide bonds. The lowest BCUT2D eigenvalue weighted by atomic mass is 9.97. The van der Waals surface area contributed by atoms with E-state index in [4.69, 9.17) is 9.15 Å². The van der Waals surface area contributed by atoms with Gasteiger partial charge < -0.3 is 24.7 Å². The molecule has 7 nitrogen and oxygen atoms in total. The number of benzene rings is 2. The minimum atomic E-state index is -1.05. The molecule has 182 valence electrons. The van der Waals surface area contributed by atoms with Crippen LogP contribution >= 0.6 is 0 Å². The summed E-state index contributed by atoms with van der Waals surface area (Å²) >= 11 is 0. The van der Waals surface area contributed by atoms with E-state index in [0.717, 1.165) is 32.2 Å². The van der Waals surface area contributed by atoms with Crippen molar-refractivity contribution < 1.29 is 29.0 Å². The summed E-state index contributed by atoms with van der Waals surface area (Å²) in [5, 5.41) is 23.1. The van der Waals surface area contributed by atoms with Gasteiger partial charge in [-0.25, -0.2) is 4.79 Å². The minimum Gasteiger partial charge on any atom is -0.491 e. The van der Waals surface area contributed by atoms with Crippen molar-refractivity contribution in [3.05, 3.63) is 64.9 Å². The first-order chi connectivity index (χ1) is 16.4. The van der Waals surface area contributed by atoms with Crippen LogP contribution in [-0.4, -0.2) is 47.8 Å². The number of aliphatic hydroxyl groups is 1. The average molecular weight is 468 g/mol. The van der Waals surface area contributed by atoms with Gasteiger partial charge in [0, 0.05) is 23.9 Å². The lowest BCUT2D eigenvalue weighted by molar-refractivity contribution is 0.0696. The Morgan fingerprint density at radius 3 is 2.41 bits per heavy atom. The second-order valence-corrected chi connectivity index (χ2v) is 8.40. The maximum atomic E-state index is 13.4. The molecule has 1 aromatic heterocycles. The van der Waals surface area contributed by atoms with Gasteiger partial charge in [0.25, 0.3) is 0 Å². The summed E-state index contributed by atoms with van der Waals surface area (Å²) in [7, 11) is 0. The number of aromatic carboxylic acids is 1. The number of furan rings is 1. The highest BCUT2D eigenvalue weighted by Crippen LogP contribution is 2.31. The first kappa shape index (κ1) is 25.5. The van der Waals surface area contributed by atoms with Crippen molar-refractivity contribution in [1.29, 1.82) is 0 Å². The molecule has 1 atom stereocenters. The highest BCUT2D eigenvalue weighted by Gasteiger charge is 2.23. The first-order valence-corrected chi connectivity index (χ1v) is 11.9. The van der Waals surface area contributed by atoms with Crippen LogP contribution in [0.4, 0.5) is 0 Å². The summed E-state index contributed by atoms with van der Waals surface area (Å²) in [6.07, 6.45) is 3.93. The number of nitrogens with one attached hydrogen (secondary N) is 1. The van der Waals surface area contributed by atoms with Crippen molar-refractivity contribution >= 4 is 22.7 Å². The smallest absolute Gasteiger partial charge is 0.335 e. The molecule has 0 saturated heterocycles. The number of unbranched alkanes of at least 4 members (excludes halogenated alkanes) is 2. The highest BCUT2D eigenvalue weighted by atomic mass is 16.5. The third-order valence-corrected chi connectivity index (χ3v) is 5.64. The number of ether oxygens (including phenoxy) is 1. The first-order valence-electron chi connectivity index (χ1n) is 11.9. The average Bonchev–Trinajstić information content (AvgIpc) is 3.21. The molecule has 0 bridgehead atoms. The van der Waals surface area contributed by atoms with Gasteiger partial charge in [-0.2, -0.15) is 0 Å². The molecule has 0 spiro atoms. The molecule has 0 radical (unpaired) electrons. The van der Waals surface area contributed by atoms with E-state index in [1.807, 2.05) is 0 Å². The molecular formula is C27H33NO6. The second-order valence-electron chi connectivity index (χ2n) is 8.40. The molecule has 1 heterocycles. The molecule has 3 rings (SSSR count). The Morgan fingerprint density at radius 2 is 1.74 bits per heavy atom. The van der Waals surface area contributed by atoms with Crippen LogP contribution in [0, 0.1) is 0 Å². The topological polar surface area (TPSA) is 109 Å². The van der Waals surface area contributed by atoms with Gasteiger partial charge in [-0.1, -0.05) is 26.7 Å². The van der Waals surface area contributed by atoms with Crippen LogP contribution in [0.5, 0.6) is 5.75 Å². The van der Waals surface area contributed by atoms with E-state index >= 15 is 0 Å². The van der Waals surface area contributed by atoms with E-state index in [1.165, 1.54) is 12.1 Å². The van der Waals surface area contributed by atoms with Crippen molar-refractivity contribution in [2.24, 2.45) is 0 Å². The molecular weight excluding hydrogens is 434 g/mol. The van der Waals surface area contributed by atoms with Crippen LogP contribution in [0.2, 0.25) is 0 Å². The van der Waals surface area contributed by atoms with E-state index in [1.54, 1.807) is 30.3 Å². The predicted octanol–water partition coefficient (Wildman–Crippen LogP) is 4.83. The molecule has 0 fully saturated rings. The normalized spacial score (nSPS) is 12.1. The summed E-state index contributed by atoms with van der Waals surface area (Å²) in [5.41, 5.74) is 1.47. The summed E-state index contributed by atoms with van der Waals surface area (Å²) in [6, 6.07) is 11.3. The fourth-order valence-corrected chi connectivity index (χ4v) is 3.71. The van der Waals surface area contributed by atoms with Gasteiger partial charge in [0.05, 0.1) is 11.1 Å². The van der Waals surface area contributed by atoms with Crippen LogP contribution in [0.25, 0.3) is 11.0 Å². The van der Waals surface area contributed by atoms with Crippen molar-refractivity contribution in [2.45, 2.75) is 52.1 Å².